The highest BCUT2D eigenvalue weighted by atomic mass is 16.6. The fraction of sp³-hybridized carbons (Fsp3) is 0.867. The van der Waals surface area contributed by atoms with E-state index in [-0.39, 0.29) is 25.8 Å². The number of aliphatic carboxylic acids is 1. The second-order valence-corrected chi connectivity index (χ2v) is 4.70. The van der Waals surface area contributed by atoms with E-state index in [0.29, 0.717) is 32.8 Å². The van der Waals surface area contributed by atoms with Gasteiger partial charge in [0.15, 0.2) is 0 Å². The van der Waals surface area contributed by atoms with E-state index in [1.165, 1.54) is 0 Å². The summed E-state index contributed by atoms with van der Waals surface area (Å²) in [6, 6.07) is 0. The molecule has 0 aromatic rings. The summed E-state index contributed by atoms with van der Waals surface area (Å²) in [6.45, 7) is 3.76. The molecule has 0 saturated heterocycles. The Hall–Kier alpha value is -1.18. The SMILES string of the molecule is CCCCCCC(=O)OCCOCCOCCOCC(=O)O. The van der Waals surface area contributed by atoms with Crippen LogP contribution in [0.15, 0.2) is 0 Å². The number of carboxylic acid groups (broad SMARTS) is 1. The quantitative estimate of drug-likeness (QED) is 0.341. The molecule has 0 fully saturated rings. The number of carbonyl (C=O) groups excluding carboxylic acids is 1. The van der Waals surface area contributed by atoms with Crippen molar-refractivity contribution < 1.29 is 33.6 Å². The molecule has 0 aliphatic rings. The maximum absolute atomic E-state index is 11.3. The Morgan fingerprint density at radius 1 is 0.818 bits per heavy atom. The van der Waals surface area contributed by atoms with E-state index in [1.807, 2.05) is 0 Å². The van der Waals surface area contributed by atoms with Crippen molar-refractivity contribution in [1.82, 2.24) is 0 Å². The molecule has 0 aliphatic heterocycles. The summed E-state index contributed by atoms with van der Waals surface area (Å²) in [5.41, 5.74) is 0. The van der Waals surface area contributed by atoms with Crippen LogP contribution in [0, 0.1) is 0 Å². The van der Waals surface area contributed by atoms with Crippen molar-refractivity contribution in [3.05, 3.63) is 0 Å². The molecule has 0 aromatic heterocycles. The lowest BCUT2D eigenvalue weighted by Crippen LogP contribution is -2.15. The highest BCUT2D eigenvalue weighted by molar-refractivity contribution is 5.69. The molecular formula is C15H28O7. The molecule has 22 heavy (non-hydrogen) atoms. The van der Waals surface area contributed by atoms with Crippen molar-refractivity contribution in [1.29, 1.82) is 0 Å². The van der Waals surface area contributed by atoms with Crippen LogP contribution in [0.1, 0.15) is 39.0 Å². The maximum atomic E-state index is 11.3. The maximum Gasteiger partial charge on any atom is 0.329 e. The smallest absolute Gasteiger partial charge is 0.329 e. The average Bonchev–Trinajstić information content (AvgIpc) is 2.49. The third-order valence-corrected chi connectivity index (χ3v) is 2.69. The van der Waals surface area contributed by atoms with Gasteiger partial charge in [-0.1, -0.05) is 26.2 Å². The third-order valence-electron chi connectivity index (χ3n) is 2.69. The van der Waals surface area contributed by atoms with E-state index >= 15 is 0 Å². The molecule has 0 unspecified atom stereocenters. The summed E-state index contributed by atoms with van der Waals surface area (Å²) in [4.78, 5) is 21.5. The fourth-order valence-corrected chi connectivity index (χ4v) is 1.58. The highest BCUT2D eigenvalue weighted by Gasteiger charge is 2.02. The molecule has 0 spiro atoms. The first-order valence-corrected chi connectivity index (χ1v) is 7.77. The van der Waals surface area contributed by atoms with Gasteiger partial charge in [-0.2, -0.15) is 0 Å². The Kier molecular flexibility index (Phi) is 15.3. The van der Waals surface area contributed by atoms with Crippen molar-refractivity contribution in [3.63, 3.8) is 0 Å². The number of esters is 1. The Balaban J connectivity index is 3.13. The lowest BCUT2D eigenvalue weighted by Gasteiger charge is -2.07. The van der Waals surface area contributed by atoms with Gasteiger partial charge in [-0.3, -0.25) is 4.79 Å². The predicted molar refractivity (Wildman–Crippen MR) is 79.8 cm³/mol. The van der Waals surface area contributed by atoms with Crippen LogP contribution in [0.3, 0.4) is 0 Å². The predicted octanol–water partition coefficient (Wildman–Crippen LogP) is 1.63. The minimum absolute atomic E-state index is 0.175. The first-order valence-electron chi connectivity index (χ1n) is 7.77. The summed E-state index contributed by atoms with van der Waals surface area (Å²) >= 11 is 0. The lowest BCUT2D eigenvalue weighted by molar-refractivity contribution is -0.145. The number of unbranched alkanes of at least 4 members (excludes halogenated alkanes) is 3. The van der Waals surface area contributed by atoms with Crippen LogP contribution in [0.2, 0.25) is 0 Å². The molecule has 0 rings (SSSR count). The van der Waals surface area contributed by atoms with Gasteiger partial charge in [0, 0.05) is 6.42 Å². The van der Waals surface area contributed by atoms with E-state index in [4.69, 9.17) is 24.1 Å². The van der Waals surface area contributed by atoms with Crippen molar-refractivity contribution in [2.45, 2.75) is 39.0 Å². The topological polar surface area (TPSA) is 91.3 Å². The molecule has 0 atom stereocenters. The zero-order chi connectivity index (χ0) is 16.5. The van der Waals surface area contributed by atoms with Crippen molar-refractivity contribution in [2.24, 2.45) is 0 Å². The molecule has 130 valence electrons. The van der Waals surface area contributed by atoms with Gasteiger partial charge < -0.3 is 24.1 Å². The minimum atomic E-state index is -0.997. The van der Waals surface area contributed by atoms with Crippen LogP contribution >= 0.6 is 0 Å². The second-order valence-electron chi connectivity index (χ2n) is 4.70. The highest BCUT2D eigenvalue weighted by Crippen LogP contribution is 2.03. The zero-order valence-electron chi connectivity index (χ0n) is 13.4. The van der Waals surface area contributed by atoms with Gasteiger partial charge in [0.2, 0.25) is 0 Å². The fourth-order valence-electron chi connectivity index (χ4n) is 1.58. The van der Waals surface area contributed by atoms with Crippen LogP contribution in [0.25, 0.3) is 0 Å². The van der Waals surface area contributed by atoms with Gasteiger partial charge in [0.1, 0.15) is 13.2 Å². The standard InChI is InChI=1S/C15H28O7/c1-2-3-4-5-6-15(18)22-12-11-20-8-7-19-9-10-21-13-14(16)17/h2-13H2,1H3,(H,16,17). The van der Waals surface area contributed by atoms with Gasteiger partial charge in [0.25, 0.3) is 0 Å². The number of rotatable bonds is 16. The van der Waals surface area contributed by atoms with E-state index in [9.17, 15) is 9.59 Å². The van der Waals surface area contributed by atoms with Crippen LogP contribution < -0.4 is 0 Å². The Labute approximate surface area is 131 Å². The molecule has 0 bridgehead atoms. The zero-order valence-corrected chi connectivity index (χ0v) is 13.4. The monoisotopic (exact) mass is 320 g/mol. The van der Waals surface area contributed by atoms with Crippen molar-refractivity contribution >= 4 is 11.9 Å². The van der Waals surface area contributed by atoms with E-state index in [2.05, 4.69) is 6.92 Å². The van der Waals surface area contributed by atoms with Crippen LogP contribution in [0.4, 0.5) is 0 Å². The molecule has 0 amide bonds. The Morgan fingerprint density at radius 2 is 1.41 bits per heavy atom. The first kappa shape index (κ1) is 20.8. The Morgan fingerprint density at radius 3 is 2.00 bits per heavy atom. The van der Waals surface area contributed by atoms with Crippen LogP contribution in [-0.4, -0.2) is 63.3 Å². The van der Waals surface area contributed by atoms with E-state index < -0.39 is 5.97 Å². The number of hydrogen-bond acceptors (Lipinski definition) is 6. The molecule has 0 heterocycles. The number of carbonyl (C=O) groups is 2. The molecule has 7 heteroatoms. The molecule has 0 aliphatic carbocycles. The number of ether oxygens (including phenoxy) is 4. The summed E-state index contributed by atoms with van der Waals surface area (Å²) in [5.74, 6) is -1.17. The summed E-state index contributed by atoms with van der Waals surface area (Å²) in [6.07, 6.45) is 4.72. The lowest BCUT2D eigenvalue weighted by atomic mass is 10.2. The largest absolute Gasteiger partial charge is 0.480 e. The molecular weight excluding hydrogens is 292 g/mol. The van der Waals surface area contributed by atoms with Gasteiger partial charge in [-0.15, -0.1) is 0 Å². The van der Waals surface area contributed by atoms with Crippen molar-refractivity contribution in [3.8, 4) is 0 Å². The van der Waals surface area contributed by atoms with E-state index in [1.54, 1.807) is 0 Å². The van der Waals surface area contributed by atoms with Crippen molar-refractivity contribution in [2.75, 3.05) is 46.2 Å². The number of carboxylic acids is 1. The molecule has 0 aromatic carbocycles. The molecule has 0 saturated carbocycles. The van der Waals surface area contributed by atoms with Gasteiger partial charge >= 0.3 is 11.9 Å². The third kappa shape index (κ3) is 16.9. The van der Waals surface area contributed by atoms with Crippen LogP contribution in [-0.2, 0) is 28.5 Å². The summed E-state index contributed by atoms with van der Waals surface area (Å²) < 4.78 is 20.2. The number of hydrogen-bond donors (Lipinski definition) is 1. The van der Waals surface area contributed by atoms with Crippen LogP contribution in [0.5, 0.6) is 0 Å². The first-order chi connectivity index (χ1) is 10.7. The van der Waals surface area contributed by atoms with Gasteiger partial charge in [0.05, 0.1) is 33.0 Å². The second kappa shape index (κ2) is 16.2. The van der Waals surface area contributed by atoms with E-state index in [0.717, 1.165) is 25.7 Å². The minimum Gasteiger partial charge on any atom is -0.480 e. The normalized spacial score (nSPS) is 10.6. The Bertz CT molecular complexity index is 281. The van der Waals surface area contributed by atoms with Gasteiger partial charge in [-0.25, -0.2) is 4.79 Å². The summed E-state index contributed by atoms with van der Waals surface area (Å²) in [5, 5.41) is 8.33. The average molecular weight is 320 g/mol. The van der Waals surface area contributed by atoms with Gasteiger partial charge in [-0.05, 0) is 6.42 Å². The molecule has 0 radical (unpaired) electrons. The summed E-state index contributed by atoms with van der Waals surface area (Å²) in [7, 11) is 0. The molecule has 1 N–H and O–H groups in total. The molecule has 7 nitrogen and oxygen atoms in total.